The first kappa shape index (κ1) is 11.9. The first-order valence-electron chi connectivity index (χ1n) is 6.46. The minimum Gasteiger partial charge on any atom is -0.391 e. The van der Waals surface area contributed by atoms with Crippen molar-refractivity contribution in [1.82, 2.24) is 10.6 Å². The minimum absolute atomic E-state index is 0.0109. The summed E-state index contributed by atoms with van der Waals surface area (Å²) in [6, 6.07) is -0.0109. The highest BCUT2D eigenvalue weighted by molar-refractivity contribution is 5.79. The number of hydrogen-bond acceptors (Lipinski definition) is 3. The molecule has 92 valence electrons. The lowest BCUT2D eigenvalue weighted by Gasteiger charge is -2.31. The molecule has 0 bridgehead atoms. The molecule has 0 aromatic heterocycles. The molecule has 1 aliphatic heterocycles. The van der Waals surface area contributed by atoms with Gasteiger partial charge in [-0.2, -0.15) is 0 Å². The zero-order chi connectivity index (χ0) is 11.4. The van der Waals surface area contributed by atoms with Gasteiger partial charge in [-0.3, -0.25) is 4.79 Å². The zero-order valence-electron chi connectivity index (χ0n) is 9.74. The Bertz CT molecular complexity index is 239. The smallest absolute Gasteiger partial charge is 0.224 e. The van der Waals surface area contributed by atoms with Gasteiger partial charge in [0.15, 0.2) is 0 Å². The van der Waals surface area contributed by atoms with Crippen molar-refractivity contribution in [3.63, 3.8) is 0 Å². The summed E-state index contributed by atoms with van der Waals surface area (Å²) in [4.78, 5) is 11.9. The van der Waals surface area contributed by atoms with E-state index < -0.39 is 0 Å². The van der Waals surface area contributed by atoms with E-state index in [-0.39, 0.29) is 24.0 Å². The molecule has 2 aliphatic rings. The molecule has 2 rings (SSSR count). The first-order chi connectivity index (χ1) is 7.77. The van der Waals surface area contributed by atoms with E-state index in [1.54, 1.807) is 0 Å². The lowest BCUT2D eigenvalue weighted by molar-refractivity contribution is -0.127. The number of piperidine rings is 1. The summed E-state index contributed by atoms with van der Waals surface area (Å²) in [5.74, 6) is 0.223. The Morgan fingerprint density at radius 2 is 2.00 bits per heavy atom. The zero-order valence-corrected chi connectivity index (χ0v) is 9.74. The van der Waals surface area contributed by atoms with Crippen LogP contribution < -0.4 is 10.6 Å². The molecule has 3 atom stereocenters. The van der Waals surface area contributed by atoms with Crippen molar-refractivity contribution in [2.75, 3.05) is 13.1 Å². The standard InChI is InChI=1S/C12H22N2O2/c15-11-6-2-1-5-10(11)14-12(16)9-4-3-7-13-8-9/h9-11,13,15H,1-8H2,(H,14,16). The number of carbonyl (C=O) groups is 1. The molecule has 4 heteroatoms. The van der Waals surface area contributed by atoms with Crippen LogP contribution >= 0.6 is 0 Å². The summed E-state index contributed by atoms with van der Waals surface area (Å²) in [7, 11) is 0. The van der Waals surface area contributed by atoms with Crippen LogP contribution in [0.2, 0.25) is 0 Å². The SMILES string of the molecule is O=C(NC1CCCCC1O)C1CCCNC1. The second kappa shape index (κ2) is 5.64. The van der Waals surface area contributed by atoms with E-state index in [9.17, 15) is 9.90 Å². The molecule has 0 aromatic carbocycles. The molecule has 0 spiro atoms. The van der Waals surface area contributed by atoms with E-state index in [0.717, 1.165) is 51.6 Å². The summed E-state index contributed by atoms with van der Waals surface area (Å²) < 4.78 is 0. The Kier molecular flexibility index (Phi) is 4.18. The third-order valence-electron chi connectivity index (χ3n) is 3.72. The van der Waals surface area contributed by atoms with E-state index in [4.69, 9.17) is 0 Å². The van der Waals surface area contributed by atoms with Crippen molar-refractivity contribution in [3.8, 4) is 0 Å². The molecule has 3 unspecified atom stereocenters. The maximum absolute atomic E-state index is 11.9. The van der Waals surface area contributed by atoms with Crippen molar-refractivity contribution in [2.45, 2.75) is 50.7 Å². The largest absolute Gasteiger partial charge is 0.391 e. The van der Waals surface area contributed by atoms with E-state index in [0.29, 0.717) is 0 Å². The molecule has 0 radical (unpaired) electrons. The number of aliphatic hydroxyl groups excluding tert-OH is 1. The van der Waals surface area contributed by atoms with Crippen molar-refractivity contribution in [1.29, 1.82) is 0 Å². The fourth-order valence-electron chi connectivity index (χ4n) is 2.66. The second-order valence-electron chi connectivity index (χ2n) is 5.01. The number of rotatable bonds is 2. The fourth-order valence-corrected chi connectivity index (χ4v) is 2.66. The van der Waals surface area contributed by atoms with E-state index in [1.807, 2.05) is 0 Å². The molecule has 16 heavy (non-hydrogen) atoms. The number of carbonyl (C=O) groups excluding carboxylic acids is 1. The van der Waals surface area contributed by atoms with Crippen molar-refractivity contribution < 1.29 is 9.90 Å². The third kappa shape index (κ3) is 2.95. The van der Waals surface area contributed by atoms with Crippen LogP contribution in [0, 0.1) is 5.92 Å². The average molecular weight is 226 g/mol. The van der Waals surface area contributed by atoms with E-state index >= 15 is 0 Å². The van der Waals surface area contributed by atoms with Crippen LogP contribution in [0.3, 0.4) is 0 Å². The van der Waals surface area contributed by atoms with Crippen LogP contribution in [0.25, 0.3) is 0 Å². The molecule has 2 fully saturated rings. The average Bonchev–Trinajstić information content (AvgIpc) is 2.33. The van der Waals surface area contributed by atoms with Gasteiger partial charge in [-0.25, -0.2) is 0 Å². The summed E-state index contributed by atoms with van der Waals surface area (Å²) in [5.41, 5.74) is 0. The molecule has 1 saturated carbocycles. The highest BCUT2D eigenvalue weighted by Crippen LogP contribution is 2.19. The van der Waals surface area contributed by atoms with Gasteiger partial charge in [-0.15, -0.1) is 0 Å². The van der Waals surface area contributed by atoms with Gasteiger partial charge in [0.25, 0.3) is 0 Å². The van der Waals surface area contributed by atoms with Crippen molar-refractivity contribution in [2.24, 2.45) is 5.92 Å². The van der Waals surface area contributed by atoms with Gasteiger partial charge in [0.2, 0.25) is 5.91 Å². The Balaban J connectivity index is 1.80. The molecular weight excluding hydrogens is 204 g/mol. The molecule has 4 nitrogen and oxygen atoms in total. The number of amides is 1. The van der Waals surface area contributed by atoms with E-state index in [1.165, 1.54) is 0 Å². The van der Waals surface area contributed by atoms with Crippen LogP contribution in [0.4, 0.5) is 0 Å². The number of aliphatic hydroxyl groups is 1. The van der Waals surface area contributed by atoms with Gasteiger partial charge in [0, 0.05) is 6.54 Å². The fraction of sp³-hybridized carbons (Fsp3) is 0.917. The number of hydrogen-bond donors (Lipinski definition) is 3. The van der Waals surface area contributed by atoms with Crippen LogP contribution in [0.1, 0.15) is 38.5 Å². The summed E-state index contributed by atoms with van der Waals surface area (Å²) in [6.45, 7) is 1.81. The monoisotopic (exact) mass is 226 g/mol. The lowest BCUT2D eigenvalue weighted by Crippen LogP contribution is -2.49. The molecule has 3 N–H and O–H groups in total. The van der Waals surface area contributed by atoms with Gasteiger partial charge in [0.05, 0.1) is 18.1 Å². The van der Waals surface area contributed by atoms with Gasteiger partial charge in [0.1, 0.15) is 0 Å². The van der Waals surface area contributed by atoms with Gasteiger partial charge in [-0.05, 0) is 32.2 Å². The summed E-state index contributed by atoms with van der Waals surface area (Å²) in [5, 5.41) is 16.0. The molecule has 1 saturated heterocycles. The van der Waals surface area contributed by atoms with Gasteiger partial charge in [-0.1, -0.05) is 12.8 Å². The maximum Gasteiger partial charge on any atom is 0.224 e. The quantitative estimate of drug-likeness (QED) is 0.639. The highest BCUT2D eigenvalue weighted by atomic mass is 16.3. The molecule has 1 heterocycles. The van der Waals surface area contributed by atoms with Crippen molar-refractivity contribution >= 4 is 5.91 Å². The van der Waals surface area contributed by atoms with Gasteiger partial charge < -0.3 is 15.7 Å². The lowest BCUT2D eigenvalue weighted by atomic mass is 9.91. The summed E-state index contributed by atoms with van der Waals surface area (Å²) >= 11 is 0. The Morgan fingerprint density at radius 3 is 2.69 bits per heavy atom. The topological polar surface area (TPSA) is 61.4 Å². The van der Waals surface area contributed by atoms with Crippen LogP contribution in [0.5, 0.6) is 0 Å². The molecule has 0 aromatic rings. The maximum atomic E-state index is 11.9. The van der Waals surface area contributed by atoms with Crippen LogP contribution in [0.15, 0.2) is 0 Å². The van der Waals surface area contributed by atoms with Crippen molar-refractivity contribution in [3.05, 3.63) is 0 Å². The predicted molar refractivity (Wildman–Crippen MR) is 62.0 cm³/mol. The number of nitrogens with one attached hydrogen (secondary N) is 2. The highest BCUT2D eigenvalue weighted by Gasteiger charge is 2.28. The molecule has 1 amide bonds. The normalized spacial score (nSPS) is 35.7. The Morgan fingerprint density at radius 1 is 1.19 bits per heavy atom. The minimum atomic E-state index is -0.339. The molecule has 1 aliphatic carbocycles. The van der Waals surface area contributed by atoms with Crippen LogP contribution in [-0.2, 0) is 4.79 Å². The van der Waals surface area contributed by atoms with E-state index in [2.05, 4.69) is 10.6 Å². The predicted octanol–water partition coefficient (Wildman–Crippen LogP) is 0.406. The Hall–Kier alpha value is -0.610. The second-order valence-corrected chi connectivity index (χ2v) is 5.01. The summed E-state index contributed by atoms with van der Waals surface area (Å²) in [6.07, 6.45) is 5.66. The first-order valence-corrected chi connectivity index (χ1v) is 6.46. The van der Waals surface area contributed by atoms with Crippen LogP contribution in [-0.4, -0.2) is 36.2 Å². The third-order valence-corrected chi connectivity index (χ3v) is 3.72. The Labute approximate surface area is 96.8 Å². The molecular formula is C12H22N2O2. The van der Waals surface area contributed by atoms with Gasteiger partial charge >= 0.3 is 0 Å².